The Balaban J connectivity index is 1.72. The van der Waals surface area contributed by atoms with Crippen LogP contribution in [0.1, 0.15) is 35.7 Å². The van der Waals surface area contributed by atoms with Crippen molar-refractivity contribution >= 4 is 21.8 Å². The minimum atomic E-state index is -0.0108. The van der Waals surface area contributed by atoms with Crippen molar-refractivity contribution in [1.82, 2.24) is 14.9 Å². The highest BCUT2D eigenvalue weighted by Crippen LogP contribution is 2.30. The SMILES string of the molecule is O=C(N[C@@H]1CCC[C@H]1n1ccnc1)c1cccc(Br)c1. The standard InChI is InChI=1S/C15H16BrN3O/c16-12-4-1-3-11(9-12)15(20)18-13-5-2-6-14(13)19-8-7-17-10-19/h1,3-4,7-10,13-14H,2,5-6H2,(H,18,20)/t13-,14-/m1/s1. The molecule has 1 N–H and O–H groups in total. The van der Waals surface area contributed by atoms with Crippen molar-refractivity contribution in [2.45, 2.75) is 31.3 Å². The molecule has 1 aliphatic rings. The summed E-state index contributed by atoms with van der Waals surface area (Å²) < 4.78 is 3.02. The first-order chi connectivity index (χ1) is 9.74. The van der Waals surface area contributed by atoms with Gasteiger partial charge in [0.05, 0.1) is 12.4 Å². The van der Waals surface area contributed by atoms with Gasteiger partial charge >= 0.3 is 0 Å². The van der Waals surface area contributed by atoms with Gasteiger partial charge in [0.25, 0.3) is 5.91 Å². The van der Waals surface area contributed by atoms with Crippen LogP contribution < -0.4 is 5.32 Å². The maximum absolute atomic E-state index is 12.3. The second-order valence-corrected chi connectivity index (χ2v) is 6.01. The molecule has 1 aromatic carbocycles. The van der Waals surface area contributed by atoms with Gasteiger partial charge in [0, 0.05) is 28.5 Å². The van der Waals surface area contributed by atoms with E-state index in [1.54, 1.807) is 6.20 Å². The summed E-state index contributed by atoms with van der Waals surface area (Å²) in [7, 11) is 0. The Morgan fingerprint density at radius 1 is 1.40 bits per heavy atom. The van der Waals surface area contributed by atoms with Gasteiger partial charge in [-0.3, -0.25) is 4.79 Å². The number of imidazole rings is 1. The number of hydrogen-bond acceptors (Lipinski definition) is 2. The number of hydrogen-bond donors (Lipinski definition) is 1. The summed E-state index contributed by atoms with van der Waals surface area (Å²) in [6.07, 6.45) is 8.81. The Labute approximate surface area is 126 Å². The van der Waals surface area contributed by atoms with Gasteiger partial charge in [-0.2, -0.15) is 0 Å². The fourth-order valence-electron chi connectivity index (χ4n) is 2.81. The van der Waals surface area contributed by atoms with Gasteiger partial charge < -0.3 is 9.88 Å². The van der Waals surface area contributed by atoms with E-state index in [1.807, 2.05) is 36.8 Å². The summed E-state index contributed by atoms with van der Waals surface area (Å²) in [6.45, 7) is 0. The van der Waals surface area contributed by atoms with E-state index in [9.17, 15) is 4.79 Å². The van der Waals surface area contributed by atoms with E-state index >= 15 is 0 Å². The second kappa shape index (κ2) is 5.79. The largest absolute Gasteiger partial charge is 0.347 e. The predicted octanol–water partition coefficient (Wildman–Crippen LogP) is 3.17. The van der Waals surface area contributed by atoms with E-state index in [4.69, 9.17) is 0 Å². The van der Waals surface area contributed by atoms with Gasteiger partial charge in [-0.25, -0.2) is 4.98 Å². The van der Waals surface area contributed by atoms with Crippen LogP contribution in [0.2, 0.25) is 0 Å². The molecule has 5 heteroatoms. The monoisotopic (exact) mass is 333 g/mol. The van der Waals surface area contributed by atoms with Crippen LogP contribution in [0.5, 0.6) is 0 Å². The predicted molar refractivity (Wildman–Crippen MR) is 80.5 cm³/mol. The maximum Gasteiger partial charge on any atom is 0.251 e. The average Bonchev–Trinajstić information content (AvgIpc) is 3.08. The molecule has 1 fully saturated rings. The zero-order valence-corrected chi connectivity index (χ0v) is 12.6. The van der Waals surface area contributed by atoms with Crippen molar-refractivity contribution in [3.05, 3.63) is 53.0 Å². The zero-order valence-electron chi connectivity index (χ0n) is 11.0. The number of carbonyl (C=O) groups is 1. The molecule has 1 aromatic heterocycles. The van der Waals surface area contributed by atoms with Crippen LogP contribution in [0.15, 0.2) is 47.5 Å². The third kappa shape index (κ3) is 2.77. The third-order valence-electron chi connectivity index (χ3n) is 3.79. The van der Waals surface area contributed by atoms with E-state index in [2.05, 4.69) is 30.8 Å². The summed E-state index contributed by atoms with van der Waals surface area (Å²) >= 11 is 3.39. The Morgan fingerprint density at radius 2 is 2.30 bits per heavy atom. The van der Waals surface area contributed by atoms with Crippen LogP contribution in [0.25, 0.3) is 0 Å². The average molecular weight is 334 g/mol. The molecule has 0 bridgehead atoms. The van der Waals surface area contributed by atoms with Crippen LogP contribution >= 0.6 is 15.9 Å². The van der Waals surface area contributed by atoms with Gasteiger partial charge in [0.2, 0.25) is 0 Å². The molecular weight excluding hydrogens is 318 g/mol. The van der Waals surface area contributed by atoms with Gasteiger partial charge in [-0.05, 0) is 37.5 Å². The molecule has 2 aromatic rings. The van der Waals surface area contributed by atoms with Crippen LogP contribution in [-0.2, 0) is 0 Å². The van der Waals surface area contributed by atoms with Crippen molar-refractivity contribution < 1.29 is 4.79 Å². The minimum absolute atomic E-state index is 0.0108. The van der Waals surface area contributed by atoms with Crippen molar-refractivity contribution in [3.63, 3.8) is 0 Å². The van der Waals surface area contributed by atoms with Gasteiger partial charge in [0.15, 0.2) is 0 Å². The van der Waals surface area contributed by atoms with E-state index < -0.39 is 0 Å². The Hall–Kier alpha value is -1.62. The molecule has 1 aliphatic carbocycles. The van der Waals surface area contributed by atoms with Crippen molar-refractivity contribution in [2.75, 3.05) is 0 Å². The van der Waals surface area contributed by atoms with Crippen LogP contribution in [0, 0.1) is 0 Å². The van der Waals surface area contributed by atoms with Crippen LogP contribution in [0.4, 0.5) is 0 Å². The lowest BCUT2D eigenvalue weighted by atomic mass is 10.1. The number of benzene rings is 1. The lowest BCUT2D eigenvalue weighted by molar-refractivity contribution is 0.0929. The van der Waals surface area contributed by atoms with Crippen molar-refractivity contribution in [1.29, 1.82) is 0 Å². The molecule has 0 saturated heterocycles. The summed E-state index contributed by atoms with van der Waals surface area (Å²) in [5.41, 5.74) is 0.690. The number of nitrogens with one attached hydrogen (secondary N) is 1. The smallest absolute Gasteiger partial charge is 0.251 e. The molecular formula is C15H16BrN3O. The first kappa shape index (κ1) is 13.4. The molecule has 104 valence electrons. The molecule has 0 radical (unpaired) electrons. The molecule has 0 aliphatic heterocycles. The zero-order chi connectivity index (χ0) is 13.9. The number of rotatable bonds is 3. The fourth-order valence-corrected chi connectivity index (χ4v) is 3.21. The number of nitrogens with zero attached hydrogens (tertiary/aromatic N) is 2. The summed E-state index contributed by atoms with van der Waals surface area (Å²) in [6, 6.07) is 7.96. The number of aromatic nitrogens is 2. The maximum atomic E-state index is 12.3. The topological polar surface area (TPSA) is 46.9 Å². The minimum Gasteiger partial charge on any atom is -0.347 e. The fraction of sp³-hybridized carbons (Fsp3) is 0.333. The molecule has 3 rings (SSSR count). The summed E-state index contributed by atoms with van der Waals surface area (Å²) in [4.78, 5) is 16.4. The van der Waals surface area contributed by atoms with E-state index in [0.717, 1.165) is 23.7 Å². The van der Waals surface area contributed by atoms with Crippen molar-refractivity contribution in [3.8, 4) is 0 Å². The Kier molecular flexibility index (Phi) is 3.87. The first-order valence-corrected chi connectivity index (χ1v) is 7.57. The lowest BCUT2D eigenvalue weighted by Crippen LogP contribution is -2.38. The third-order valence-corrected chi connectivity index (χ3v) is 4.28. The molecule has 1 heterocycles. The van der Waals surface area contributed by atoms with Crippen molar-refractivity contribution in [2.24, 2.45) is 0 Å². The summed E-state index contributed by atoms with van der Waals surface area (Å²) in [5, 5.41) is 3.15. The van der Waals surface area contributed by atoms with Gasteiger partial charge in [0.1, 0.15) is 0 Å². The van der Waals surface area contributed by atoms with E-state index in [1.165, 1.54) is 0 Å². The highest BCUT2D eigenvalue weighted by molar-refractivity contribution is 9.10. The normalized spacial score (nSPS) is 21.9. The first-order valence-electron chi connectivity index (χ1n) is 6.78. The van der Waals surface area contributed by atoms with Crippen LogP contribution in [-0.4, -0.2) is 21.5 Å². The summed E-state index contributed by atoms with van der Waals surface area (Å²) in [5.74, 6) is -0.0108. The van der Waals surface area contributed by atoms with E-state index in [-0.39, 0.29) is 11.9 Å². The molecule has 0 spiro atoms. The Morgan fingerprint density at radius 3 is 3.05 bits per heavy atom. The van der Waals surface area contributed by atoms with Gasteiger partial charge in [-0.1, -0.05) is 22.0 Å². The van der Waals surface area contributed by atoms with E-state index in [0.29, 0.717) is 11.6 Å². The highest BCUT2D eigenvalue weighted by Gasteiger charge is 2.29. The molecule has 20 heavy (non-hydrogen) atoms. The highest BCUT2D eigenvalue weighted by atomic mass is 79.9. The molecule has 1 saturated carbocycles. The molecule has 0 unspecified atom stereocenters. The molecule has 2 atom stereocenters. The Bertz CT molecular complexity index is 597. The number of amides is 1. The second-order valence-electron chi connectivity index (χ2n) is 5.10. The quantitative estimate of drug-likeness (QED) is 0.937. The molecule has 1 amide bonds. The van der Waals surface area contributed by atoms with Gasteiger partial charge in [-0.15, -0.1) is 0 Å². The number of halogens is 1. The number of carbonyl (C=O) groups excluding carboxylic acids is 1. The molecule has 4 nitrogen and oxygen atoms in total. The van der Waals surface area contributed by atoms with Crippen LogP contribution in [0.3, 0.4) is 0 Å². The lowest BCUT2D eigenvalue weighted by Gasteiger charge is -2.22.